The first-order chi connectivity index (χ1) is 14.2. The van der Waals surface area contributed by atoms with Gasteiger partial charge in [-0.25, -0.2) is 4.79 Å². The smallest absolute Gasteiger partial charge is 0.338 e. The molecule has 1 aliphatic rings. The number of esters is 1. The van der Waals surface area contributed by atoms with E-state index in [1.54, 1.807) is 12.1 Å². The van der Waals surface area contributed by atoms with Crippen molar-refractivity contribution >= 4 is 29.7 Å². The van der Waals surface area contributed by atoms with Crippen LogP contribution in [0.4, 0.5) is 11.4 Å². The van der Waals surface area contributed by atoms with Gasteiger partial charge in [-0.3, -0.25) is 0 Å². The van der Waals surface area contributed by atoms with Crippen molar-refractivity contribution in [2.45, 2.75) is 39.5 Å². The monoisotopic (exact) mass is 418 g/mol. The maximum atomic E-state index is 12.6. The van der Waals surface area contributed by atoms with E-state index in [0.29, 0.717) is 35.0 Å². The van der Waals surface area contributed by atoms with E-state index < -0.39 is 5.97 Å². The number of anilines is 2. The van der Waals surface area contributed by atoms with Gasteiger partial charge in [0.15, 0.2) is 5.75 Å². The van der Waals surface area contributed by atoms with Gasteiger partial charge >= 0.3 is 5.97 Å². The van der Waals surface area contributed by atoms with Gasteiger partial charge in [-0.2, -0.15) is 0 Å². The van der Waals surface area contributed by atoms with Crippen molar-refractivity contribution in [3.8, 4) is 11.5 Å². The molecule has 2 aromatic carbocycles. The fourth-order valence-electron chi connectivity index (χ4n) is 2.65. The van der Waals surface area contributed by atoms with Gasteiger partial charge in [0, 0.05) is 6.54 Å². The highest BCUT2D eigenvalue weighted by molar-refractivity contribution is 7.90. The minimum atomic E-state index is -0.391. The third-order valence-electron chi connectivity index (χ3n) is 4.24. The minimum absolute atomic E-state index is 0.387. The van der Waals surface area contributed by atoms with E-state index in [2.05, 4.69) is 12.2 Å². The molecule has 0 radical (unpaired) electrons. The molecule has 0 unspecified atom stereocenters. The molecule has 0 atom stereocenters. The Hall–Kier alpha value is -2.42. The molecule has 0 aromatic heterocycles. The van der Waals surface area contributed by atoms with E-state index in [0.717, 1.165) is 44.6 Å². The third kappa shape index (κ3) is 5.79. The first-order valence-corrected chi connectivity index (χ1v) is 10.5. The molecule has 156 valence electrons. The lowest BCUT2D eigenvalue weighted by atomic mass is 10.1. The van der Waals surface area contributed by atoms with Crippen LogP contribution in [-0.2, 0) is 13.3 Å². The molecule has 1 aliphatic heterocycles. The van der Waals surface area contributed by atoms with Crippen LogP contribution in [0.3, 0.4) is 0 Å². The molecule has 7 nitrogen and oxygen atoms in total. The number of ether oxygens (including phenoxy) is 2. The van der Waals surface area contributed by atoms with Crippen LogP contribution in [0.25, 0.3) is 0 Å². The molecule has 0 bridgehead atoms. The van der Waals surface area contributed by atoms with E-state index >= 15 is 0 Å². The second-order valence-corrected chi connectivity index (χ2v) is 6.97. The normalized spacial score (nSPS) is 13.0. The molecular weight excluding hydrogens is 392 g/mol. The number of para-hydroxylation sites is 1. The number of hydrogen-bond acceptors (Lipinski definition) is 8. The predicted octanol–water partition coefficient (Wildman–Crippen LogP) is 5.89. The Balaban J connectivity index is 1.94. The topological polar surface area (TPSA) is 69.3 Å². The van der Waals surface area contributed by atoms with E-state index in [1.807, 2.05) is 37.3 Å². The van der Waals surface area contributed by atoms with Crippen LogP contribution < -0.4 is 15.3 Å². The van der Waals surface area contributed by atoms with Crippen molar-refractivity contribution in [2.75, 3.05) is 23.7 Å². The van der Waals surface area contributed by atoms with Gasteiger partial charge in [-0.15, -0.1) is 8.57 Å². The SMILES string of the molecule is CCCCNc1cc(C(=O)OCCCC)cc(N2OSO2)c1Oc1ccccc1. The van der Waals surface area contributed by atoms with Crippen molar-refractivity contribution in [2.24, 2.45) is 0 Å². The Labute approximate surface area is 175 Å². The van der Waals surface area contributed by atoms with Crippen molar-refractivity contribution in [3.05, 3.63) is 48.0 Å². The fourth-order valence-corrected chi connectivity index (χ4v) is 2.93. The summed E-state index contributed by atoms with van der Waals surface area (Å²) in [4.78, 5) is 12.6. The lowest BCUT2D eigenvalue weighted by Crippen LogP contribution is -2.27. The zero-order valence-corrected chi connectivity index (χ0v) is 17.5. The van der Waals surface area contributed by atoms with Crippen molar-refractivity contribution in [3.63, 3.8) is 0 Å². The molecule has 1 fully saturated rings. The molecule has 3 rings (SSSR count). The average molecular weight is 419 g/mol. The van der Waals surface area contributed by atoms with Gasteiger partial charge in [0.1, 0.15) is 11.4 Å². The van der Waals surface area contributed by atoms with Gasteiger partial charge in [0.25, 0.3) is 0 Å². The van der Waals surface area contributed by atoms with Crippen LogP contribution in [0.2, 0.25) is 0 Å². The number of benzene rings is 2. The quantitative estimate of drug-likeness (QED) is 0.275. The maximum Gasteiger partial charge on any atom is 0.338 e. The molecule has 8 heteroatoms. The summed E-state index contributed by atoms with van der Waals surface area (Å²) >= 11 is 0.847. The lowest BCUT2D eigenvalue weighted by molar-refractivity contribution is 0.0259. The molecule has 0 spiro atoms. The zero-order chi connectivity index (χ0) is 20.5. The van der Waals surface area contributed by atoms with Gasteiger partial charge in [0.05, 0.1) is 17.9 Å². The van der Waals surface area contributed by atoms with Gasteiger partial charge < -0.3 is 14.8 Å². The van der Waals surface area contributed by atoms with Crippen LogP contribution in [0.5, 0.6) is 11.5 Å². The standard InChI is InChI=1S/C21H26N2O5S/c1-3-5-12-22-18-14-16(21(24)25-13-6-4-2)15-19(23-27-29-28-23)20(18)26-17-10-8-7-9-11-17/h7-11,14-15,22H,3-6,12-13H2,1-2H3. The van der Waals surface area contributed by atoms with E-state index in [1.165, 1.54) is 5.23 Å². The van der Waals surface area contributed by atoms with Crippen LogP contribution in [-0.4, -0.2) is 19.1 Å². The third-order valence-corrected chi connectivity index (χ3v) is 4.63. The Morgan fingerprint density at radius 1 is 1.10 bits per heavy atom. The summed E-state index contributed by atoms with van der Waals surface area (Å²) in [6, 6.07) is 12.8. The lowest BCUT2D eigenvalue weighted by Gasteiger charge is -2.29. The Bertz CT molecular complexity index is 799. The molecule has 1 N–H and O–H groups in total. The summed E-state index contributed by atoms with van der Waals surface area (Å²) in [5.74, 6) is 0.786. The van der Waals surface area contributed by atoms with Crippen molar-refractivity contribution in [1.82, 2.24) is 0 Å². The second-order valence-electron chi connectivity index (χ2n) is 6.53. The molecule has 0 amide bonds. The highest BCUT2D eigenvalue weighted by Gasteiger charge is 2.29. The first-order valence-electron chi connectivity index (χ1n) is 9.86. The summed E-state index contributed by atoms with van der Waals surface area (Å²) in [6.45, 7) is 5.30. The summed E-state index contributed by atoms with van der Waals surface area (Å²) in [6.07, 6.45) is 3.81. The number of nitrogens with one attached hydrogen (secondary N) is 1. The summed E-state index contributed by atoms with van der Waals surface area (Å²) in [5.41, 5.74) is 1.56. The van der Waals surface area contributed by atoms with Gasteiger partial charge in [0.2, 0.25) is 12.3 Å². The second kappa shape index (κ2) is 10.9. The van der Waals surface area contributed by atoms with E-state index in [4.69, 9.17) is 18.0 Å². The largest absolute Gasteiger partial charge is 0.462 e. The Morgan fingerprint density at radius 3 is 2.52 bits per heavy atom. The summed E-state index contributed by atoms with van der Waals surface area (Å²) in [5, 5.41) is 4.58. The van der Waals surface area contributed by atoms with Gasteiger partial charge in [-0.05, 0) is 37.1 Å². The summed E-state index contributed by atoms with van der Waals surface area (Å²) in [7, 11) is 0. The molecule has 1 heterocycles. The van der Waals surface area contributed by atoms with Crippen LogP contribution >= 0.6 is 12.3 Å². The Kier molecular flexibility index (Phi) is 8.03. The molecule has 1 saturated heterocycles. The highest BCUT2D eigenvalue weighted by atomic mass is 32.2. The Morgan fingerprint density at radius 2 is 1.86 bits per heavy atom. The first kappa shape index (κ1) is 21.3. The van der Waals surface area contributed by atoms with E-state index in [-0.39, 0.29) is 0 Å². The minimum Gasteiger partial charge on any atom is -0.462 e. The number of carbonyl (C=O) groups excluding carboxylic acids is 1. The molecular formula is C21H26N2O5S. The number of hydrogen-bond donors (Lipinski definition) is 1. The number of nitrogens with zero attached hydrogens (tertiary/aromatic N) is 1. The van der Waals surface area contributed by atoms with Crippen molar-refractivity contribution < 1.29 is 22.8 Å². The number of rotatable bonds is 11. The van der Waals surface area contributed by atoms with Crippen LogP contribution in [0.1, 0.15) is 49.9 Å². The zero-order valence-electron chi connectivity index (χ0n) is 16.7. The van der Waals surface area contributed by atoms with E-state index in [9.17, 15) is 4.79 Å². The summed E-state index contributed by atoms with van der Waals surface area (Å²) < 4.78 is 22.1. The molecule has 2 aromatic rings. The van der Waals surface area contributed by atoms with Crippen LogP contribution in [0, 0.1) is 0 Å². The predicted molar refractivity (Wildman–Crippen MR) is 114 cm³/mol. The molecule has 0 aliphatic carbocycles. The van der Waals surface area contributed by atoms with Crippen LogP contribution in [0.15, 0.2) is 42.5 Å². The number of unbranched alkanes of at least 4 members (excludes halogenated alkanes) is 2. The maximum absolute atomic E-state index is 12.6. The average Bonchev–Trinajstić information content (AvgIpc) is 2.69. The van der Waals surface area contributed by atoms with Crippen molar-refractivity contribution in [1.29, 1.82) is 0 Å². The fraction of sp³-hybridized carbons (Fsp3) is 0.381. The molecule has 0 saturated carbocycles. The highest BCUT2D eigenvalue weighted by Crippen LogP contribution is 2.44. The van der Waals surface area contributed by atoms with Gasteiger partial charge in [-0.1, -0.05) is 50.1 Å². The molecule has 29 heavy (non-hydrogen) atoms. The number of carbonyl (C=O) groups is 1.